The van der Waals surface area contributed by atoms with Gasteiger partial charge in [-0.2, -0.15) is 12.6 Å². The summed E-state index contributed by atoms with van der Waals surface area (Å²) in [6, 6.07) is 9.13. The van der Waals surface area contributed by atoms with E-state index in [1.807, 2.05) is 44.2 Å². The predicted molar refractivity (Wildman–Crippen MR) is 67.9 cm³/mol. The Morgan fingerprint density at radius 1 is 1.44 bits per heavy atom. The summed E-state index contributed by atoms with van der Waals surface area (Å²) < 4.78 is 0. The Morgan fingerprint density at radius 3 is 2.44 bits per heavy atom. The zero-order valence-electron chi connectivity index (χ0n) is 9.47. The van der Waals surface area contributed by atoms with E-state index >= 15 is 0 Å². The van der Waals surface area contributed by atoms with Gasteiger partial charge in [0, 0.05) is 11.3 Å². The van der Waals surface area contributed by atoms with Gasteiger partial charge >= 0.3 is 5.97 Å². The number of thiol groups is 1. The molecule has 88 valence electrons. The van der Waals surface area contributed by atoms with Crippen LogP contribution in [0, 0.1) is 0 Å². The lowest BCUT2D eigenvalue weighted by Gasteiger charge is -2.30. The van der Waals surface area contributed by atoms with E-state index in [0.717, 1.165) is 5.56 Å². The molecular weight excluding hydrogens is 222 g/mol. The summed E-state index contributed by atoms with van der Waals surface area (Å²) in [5, 5.41) is 12.1. The fourth-order valence-corrected chi connectivity index (χ4v) is 1.81. The van der Waals surface area contributed by atoms with Crippen molar-refractivity contribution in [3.63, 3.8) is 0 Å². The summed E-state index contributed by atoms with van der Waals surface area (Å²) in [7, 11) is 0. The van der Waals surface area contributed by atoms with E-state index in [9.17, 15) is 4.79 Å². The molecule has 0 saturated heterocycles. The standard InChI is InChI=1S/C12H17NO2S/c1-12(2,9-6-4-3-5-7-9)13-10(8-16)11(14)15/h3-7,10,13,16H,8H2,1-2H3,(H,14,15)/t10-/m0/s1. The first kappa shape index (κ1) is 13.1. The van der Waals surface area contributed by atoms with Crippen LogP contribution in [0.3, 0.4) is 0 Å². The molecule has 0 saturated carbocycles. The highest BCUT2D eigenvalue weighted by Gasteiger charge is 2.26. The van der Waals surface area contributed by atoms with Crippen LogP contribution in [-0.2, 0) is 10.3 Å². The maximum absolute atomic E-state index is 10.9. The molecule has 4 heteroatoms. The molecule has 0 amide bonds. The van der Waals surface area contributed by atoms with Gasteiger partial charge in [-0.25, -0.2) is 0 Å². The van der Waals surface area contributed by atoms with Crippen molar-refractivity contribution in [2.75, 3.05) is 5.75 Å². The first-order chi connectivity index (χ1) is 7.47. The Balaban J connectivity index is 2.82. The number of nitrogens with one attached hydrogen (secondary N) is 1. The minimum atomic E-state index is -0.876. The SMILES string of the molecule is CC(C)(N[C@@H](CS)C(=O)O)c1ccccc1. The molecule has 0 radical (unpaired) electrons. The lowest BCUT2D eigenvalue weighted by atomic mass is 9.93. The number of hydrogen-bond donors (Lipinski definition) is 3. The molecule has 2 N–H and O–H groups in total. The molecule has 0 heterocycles. The van der Waals surface area contributed by atoms with Crippen molar-refractivity contribution in [2.24, 2.45) is 0 Å². The summed E-state index contributed by atoms with van der Waals surface area (Å²) in [5.74, 6) is -0.606. The smallest absolute Gasteiger partial charge is 0.321 e. The Hall–Kier alpha value is -1.00. The van der Waals surface area contributed by atoms with Crippen LogP contribution in [0.25, 0.3) is 0 Å². The number of aliphatic carboxylic acids is 1. The van der Waals surface area contributed by atoms with E-state index in [-0.39, 0.29) is 11.3 Å². The van der Waals surface area contributed by atoms with Gasteiger partial charge in [0.1, 0.15) is 6.04 Å². The third-order valence-electron chi connectivity index (χ3n) is 2.51. The second kappa shape index (κ2) is 5.37. The van der Waals surface area contributed by atoms with E-state index in [1.165, 1.54) is 0 Å². The summed E-state index contributed by atoms with van der Waals surface area (Å²) in [6.45, 7) is 3.92. The van der Waals surface area contributed by atoms with E-state index in [0.29, 0.717) is 0 Å². The van der Waals surface area contributed by atoms with Crippen LogP contribution in [-0.4, -0.2) is 22.9 Å². The van der Waals surface area contributed by atoms with E-state index < -0.39 is 12.0 Å². The van der Waals surface area contributed by atoms with Crippen LogP contribution < -0.4 is 5.32 Å². The van der Waals surface area contributed by atoms with Gasteiger partial charge in [-0.3, -0.25) is 10.1 Å². The van der Waals surface area contributed by atoms with Gasteiger partial charge in [0.2, 0.25) is 0 Å². The minimum Gasteiger partial charge on any atom is -0.480 e. The molecule has 0 aromatic heterocycles. The number of rotatable bonds is 5. The lowest BCUT2D eigenvalue weighted by molar-refractivity contribution is -0.139. The highest BCUT2D eigenvalue weighted by Crippen LogP contribution is 2.20. The van der Waals surface area contributed by atoms with Gasteiger partial charge in [-0.05, 0) is 19.4 Å². The molecule has 0 bridgehead atoms. The van der Waals surface area contributed by atoms with Gasteiger partial charge in [0.05, 0.1) is 0 Å². The van der Waals surface area contributed by atoms with Crippen molar-refractivity contribution < 1.29 is 9.90 Å². The Morgan fingerprint density at radius 2 is 2.00 bits per heavy atom. The fourth-order valence-electron chi connectivity index (χ4n) is 1.56. The molecule has 0 aliphatic rings. The molecule has 1 atom stereocenters. The molecule has 3 nitrogen and oxygen atoms in total. The highest BCUT2D eigenvalue weighted by molar-refractivity contribution is 7.80. The van der Waals surface area contributed by atoms with Crippen LogP contribution in [0.1, 0.15) is 19.4 Å². The molecule has 0 spiro atoms. The molecular formula is C12H17NO2S. The summed E-state index contributed by atoms with van der Waals surface area (Å²) >= 11 is 4.04. The summed E-state index contributed by atoms with van der Waals surface area (Å²) in [5.41, 5.74) is 0.676. The van der Waals surface area contributed by atoms with Crippen LogP contribution >= 0.6 is 12.6 Å². The zero-order valence-corrected chi connectivity index (χ0v) is 10.4. The minimum absolute atomic E-state index is 0.269. The molecule has 1 aromatic rings. The van der Waals surface area contributed by atoms with E-state index in [4.69, 9.17) is 5.11 Å². The van der Waals surface area contributed by atoms with Crippen molar-refractivity contribution in [1.82, 2.24) is 5.32 Å². The van der Waals surface area contributed by atoms with Crippen molar-refractivity contribution in [3.05, 3.63) is 35.9 Å². The Bertz CT molecular complexity index is 351. The number of benzene rings is 1. The maximum atomic E-state index is 10.9. The largest absolute Gasteiger partial charge is 0.480 e. The molecule has 1 rings (SSSR count). The second-order valence-electron chi connectivity index (χ2n) is 4.21. The second-order valence-corrected chi connectivity index (χ2v) is 4.57. The zero-order chi connectivity index (χ0) is 12.2. The van der Waals surface area contributed by atoms with Crippen LogP contribution in [0.15, 0.2) is 30.3 Å². The predicted octanol–water partition coefficient (Wildman–Crippen LogP) is 1.89. The molecule has 16 heavy (non-hydrogen) atoms. The molecule has 0 unspecified atom stereocenters. The van der Waals surface area contributed by atoms with Gasteiger partial charge in [0.25, 0.3) is 0 Å². The average molecular weight is 239 g/mol. The summed E-state index contributed by atoms with van der Waals surface area (Å²) in [6.07, 6.45) is 0. The van der Waals surface area contributed by atoms with Crippen LogP contribution in [0.4, 0.5) is 0 Å². The van der Waals surface area contributed by atoms with Gasteiger partial charge in [-0.1, -0.05) is 30.3 Å². The fraction of sp³-hybridized carbons (Fsp3) is 0.417. The monoisotopic (exact) mass is 239 g/mol. The topological polar surface area (TPSA) is 49.3 Å². The van der Waals surface area contributed by atoms with Gasteiger partial charge < -0.3 is 5.11 Å². The normalized spacial score (nSPS) is 13.4. The first-order valence-electron chi connectivity index (χ1n) is 5.14. The van der Waals surface area contributed by atoms with Crippen molar-refractivity contribution in [1.29, 1.82) is 0 Å². The van der Waals surface area contributed by atoms with Crippen LogP contribution in [0.2, 0.25) is 0 Å². The lowest BCUT2D eigenvalue weighted by Crippen LogP contribution is -2.48. The quantitative estimate of drug-likeness (QED) is 0.688. The molecule has 0 aliphatic carbocycles. The molecule has 0 fully saturated rings. The number of carbonyl (C=O) groups is 1. The third-order valence-corrected chi connectivity index (χ3v) is 2.88. The van der Waals surface area contributed by atoms with Crippen molar-refractivity contribution in [3.8, 4) is 0 Å². The number of hydrogen-bond acceptors (Lipinski definition) is 3. The Labute approximate surface area is 101 Å². The number of carboxylic acid groups (broad SMARTS) is 1. The average Bonchev–Trinajstić information content (AvgIpc) is 2.27. The van der Waals surface area contributed by atoms with Crippen molar-refractivity contribution in [2.45, 2.75) is 25.4 Å². The van der Waals surface area contributed by atoms with Crippen molar-refractivity contribution >= 4 is 18.6 Å². The van der Waals surface area contributed by atoms with Gasteiger partial charge in [0.15, 0.2) is 0 Å². The molecule has 0 aliphatic heterocycles. The molecule has 1 aromatic carbocycles. The Kier molecular flexibility index (Phi) is 4.38. The maximum Gasteiger partial charge on any atom is 0.321 e. The summed E-state index contributed by atoms with van der Waals surface area (Å²) in [4.78, 5) is 10.9. The first-order valence-corrected chi connectivity index (χ1v) is 5.77. The highest BCUT2D eigenvalue weighted by atomic mass is 32.1. The van der Waals surface area contributed by atoms with Gasteiger partial charge in [-0.15, -0.1) is 0 Å². The van der Waals surface area contributed by atoms with E-state index in [2.05, 4.69) is 17.9 Å². The number of carboxylic acids is 1. The van der Waals surface area contributed by atoms with E-state index in [1.54, 1.807) is 0 Å². The van der Waals surface area contributed by atoms with Crippen LogP contribution in [0.5, 0.6) is 0 Å². The third kappa shape index (κ3) is 3.25.